The molecule has 1 aliphatic rings. The molecule has 0 atom stereocenters. The van der Waals surface area contributed by atoms with Gasteiger partial charge in [0.25, 0.3) is 0 Å². The van der Waals surface area contributed by atoms with Gasteiger partial charge in [-0.05, 0) is 55.3 Å². The van der Waals surface area contributed by atoms with Crippen LogP contribution in [0.1, 0.15) is 44.6 Å². The average molecular weight is 289 g/mol. The fraction of sp³-hybridized carbons (Fsp3) is 0.625. The van der Waals surface area contributed by atoms with Gasteiger partial charge in [0.05, 0.1) is 11.4 Å². The molecule has 2 rings (SSSR count). The molecule has 0 spiro atoms. The number of halogens is 1. The van der Waals surface area contributed by atoms with Crippen molar-refractivity contribution in [3.63, 3.8) is 0 Å². The Morgan fingerprint density at radius 3 is 2.62 bits per heavy atom. The Morgan fingerprint density at radius 2 is 2.05 bits per heavy atom. The molecule has 0 bridgehead atoms. The summed E-state index contributed by atoms with van der Waals surface area (Å²) in [7, 11) is 5.33. The molecule has 0 amide bonds. The van der Waals surface area contributed by atoms with Crippen LogP contribution in [-0.4, -0.2) is 27.6 Å². The van der Waals surface area contributed by atoms with E-state index in [-0.39, 0.29) is 11.7 Å². The molecule has 2 radical (unpaired) electrons. The summed E-state index contributed by atoms with van der Waals surface area (Å²) in [5.41, 5.74) is 8.29. The minimum atomic E-state index is -0.199. The molecular weight excluding hydrogens is 264 g/mol. The molecule has 3 N–H and O–H groups in total. The quantitative estimate of drug-likeness (QED) is 0.647. The summed E-state index contributed by atoms with van der Waals surface area (Å²) >= 11 is 0. The van der Waals surface area contributed by atoms with Crippen molar-refractivity contribution in [3.8, 4) is 0 Å². The fourth-order valence-corrected chi connectivity index (χ4v) is 3.06. The minimum Gasteiger partial charge on any atom is -0.397 e. The zero-order valence-corrected chi connectivity index (χ0v) is 13.0. The first-order valence-corrected chi connectivity index (χ1v) is 7.80. The van der Waals surface area contributed by atoms with Crippen LogP contribution in [0.3, 0.4) is 0 Å². The maximum atomic E-state index is 13.9. The monoisotopic (exact) mass is 289 g/mol. The van der Waals surface area contributed by atoms with E-state index in [9.17, 15) is 4.39 Å². The highest BCUT2D eigenvalue weighted by atomic mass is 19.1. The lowest BCUT2D eigenvalue weighted by Gasteiger charge is -2.34. The van der Waals surface area contributed by atoms with E-state index in [1.807, 2.05) is 19.9 Å². The molecule has 1 aromatic carbocycles. The topological polar surface area (TPSA) is 41.3 Å². The Morgan fingerprint density at radius 1 is 1.38 bits per heavy atom. The van der Waals surface area contributed by atoms with Crippen LogP contribution in [0.15, 0.2) is 12.1 Å². The van der Waals surface area contributed by atoms with Crippen LogP contribution in [0.2, 0.25) is 0 Å². The second-order valence-corrected chi connectivity index (χ2v) is 6.26. The van der Waals surface area contributed by atoms with E-state index in [1.165, 1.54) is 6.07 Å². The van der Waals surface area contributed by atoms with E-state index in [0.717, 1.165) is 50.1 Å². The van der Waals surface area contributed by atoms with Crippen molar-refractivity contribution in [1.82, 2.24) is 5.23 Å². The van der Waals surface area contributed by atoms with Crippen molar-refractivity contribution >= 4 is 19.4 Å². The van der Waals surface area contributed by atoms with Crippen LogP contribution in [0.4, 0.5) is 15.8 Å². The van der Waals surface area contributed by atoms with E-state index in [2.05, 4.69) is 10.1 Å². The molecule has 0 aliphatic carbocycles. The van der Waals surface area contributed by atoms with Gasteiger partial charge in [0.2, 0.25) is 0 Å². The van der Waals surface area contributed by atoms with Gasteiger partial charge in [0.1, 0.15) is 5.82 Å². The predicted molar refractivity (Wildman–Crippen MR) is 88.2 cm³/mol. The maximum Gasteiger partial charge on any atom is 0.177 e. The maximum absolute atomic E-state index is 13.9. The number of hydrogen-bond donors (Lipinski definition) is 2. The van der Waals surface area contributed by atoms with Gasteiger partial charge in [-0.2, -0.15) is 0 Å². The second-order valence-electron chi connectivity index (χ2n) is 6.26. The summed E-state index contributed by atoms with van der Waals surface area (Å²) in [6, 6.07) is 3.40. The number of anilines is 2. The van der Waals surface area contributed by atoms with Crippen molar-refractivity contribution in [2.24, 2.45) is 5.92 Å². The number of rotatable bonds is 5. The molecule has 1 aromatic rings. The summed E-state index contributed by atoms with van der Waals surface area (Å²) < 4.78 is 13.9. The third-order valence-electron chi connectivity index (χ3n) is 4.42. The molecule has 1 saturated heterocycles. The van der Waals surface area contributed by atoms with E-state index in [1.54, 1.807) is 0 Å². The highest BCUT2D eigenvalue weighted by molar-refractivity contribution is 6.04. The number of nitrogens with two attached hydrogens (primary N) is 1. The summed E-state index contributed by atoms with van der Waals surface area (Å²) in [4.78, 5) is 2.28. The van der Waals surface area contributed by atoms with Crippen molar-refractivity contribution < 1.29 is 4.39 Å². The summed E-state index contributed by atoms with van der Waals surface area (Å²) in [5.74, 6) is 0.677. The van der Waals surface area contributed by atoms with E-state index >= 15 is 0 Å². The van der Waals surface area contributed by atoms with Gasteiger partial charge in [-0.15, -0.1) is 0 Å². The van der Waals surface area contributed by atoms with E-state index in [0.29, 0.717) is 11.6 Å². The standard InChI is InChI=1S/C16H25BFN3/c1-11(2)13-9-16(15(19)10-14(13)18)21-7-4-12(5-8-21)3-6-20-17/h9-12,20H,3-8,19H2,1-2H3. The molecule has 1 heterocycles. The lowest BCUT2D eigenvalue weighted by atomic mass is 9.92. The first-order valence-electron chi connectivity index (χ1n) is 7.80. The van der Waals surface area contributed by atoms with Crippen molar-refractivity contribution in [2.75, 3.05) is 30.3 Å². The molecule has 1 fully saturated rings. The Kier molecular flexibility index (Phi) is 5.51. The summed E-state index contributed by atoms with van der Waals surface area (Å²) in [6.07, 6.45) is 3.38. The number of nitrogen functional groups attached to an aromatic ring is 1. The molecule has 0 saturated carbocycles. The van der Waals surface area contributed by atoms with Gasteiger partial charge in [-0.3, -0.25) is 0 Å². The Balaban J connectivity index is 2.08. The third kappa shape index (κ3) is 3.91. The van der Waals surface area contributed by atoms with Crippen molar-refractivity contribution in [1.29, 1.82) is 0 Å². The smallest absolute Gasteiger partial charge is 0.177 e. The molecule has 0 unspecified atom stereocenters. The Hall–Kier alpha value is -1.23. The molecule has 114 valence electrons. The van der Waals surface area contributed by atoms with Crippen LogP contribution >= 0.6 is 0 Å². The van der Waals surface area contributed by atoms with Gasteiger partial charge in [-0.25, -0.2) is 4.39 Å². The largest absolute Gasteiger partial charge is 0.397 e. The zero-order chi connectivity index (χ0) is 15.4. The lowest BCUT2D eigenvalue weighted by Crippen LogP contribution is -2.35. The van der Waals surface area contributed by atoms with Gasteiger partial charge < -0.3 is 15.9 Å². The first-order chi connectivity index (χ1) is 10.0. The van der Waals surface area contributed by atoms with Gasteiger partial charge in [0, 0.05) is 13.1 Å². The van der Waals surface area contributed by atoms with Crippen LogP contribution in [0, 0.1) is 11.7 Å². The molecule has 5 heteroatoms. The average Bonchev–Trinajstić information content (AvgIpc) is 2.45. The summed E-state index contributed by atoms with van der Waals surface area (Å²) in [5, 5.41) is 2.72. The second kappa shape index (κ2) is 7.16. The SMILES string of the molecule is [B]NCCC1CCN(c2cc(C(C)C)c(F)cc2N)CC1. The Bertz CT molecular complexity index is 471. The van der Waals surface area contributed by atoms with E-state index in [4.69, 9.17) is 13.7 Å². The highest BCUT2D eigenvalue weighted by Gasteiger charge is 2.22. The fourth-order valence-electron chi connectivity index (χ4n) is 3.06. The predicted octanol–water partition coefficient (Wildman–Crippen LogP) is 2.81. The minimum absolute atomic E-state index is 0.164. The molecule has 21 heavy (non-hydrogen) atoms. The number of hydrogen-bond acceptors (Lipinski definition) is 3. The third-order valence-corrected chi connectivity index (χ3v) is 4.42. The normalized spacial score (nSPS) is 16.7. The Labute approximate surface area is 128 Å². The van der Waals surface area contributed by atoms with Gasteiger partial charge in [-0.1, -0.05) is 13.8 Å². The molecule has 3 nitrogen and oxygen atoms in total. The first kappa shape index (κ1) is 16.2. The molecule has 1 aliphatic heterocycles. The summed E-state index contributed by atoms with van der Waals surface area (Å²) in [6.45, 7) is 6.82. The van der Waals surface area contributed by atoms with Crippen molar-refractivity contribution in [3.05, 3.63) is 23.5 Å². The van der Waals surface area contributed by atoms with Gasteiger partial charge in [0.15, 0.2) is 7.98 Å². The number of nitrogens with zero attached hydrogens (tertiary/aromatic N) is 1. The van der Waals surface area contributed by atoms with Crippen LogP contribution in [0.25, 0.3) is 0 Å². The van der Waals surface area contributed by atoms with Crippen LogP contribution < -0.4 is 15.9 Å². The number of nitrogens with one attached hydrogen (secondary N) is 1. The van der Waals surface area contributed by atoms with E-state index < -0.39 is 0 Å². The number of benzene rings is 1. The van der Waals surface area contributed by atoms with Crippen molar-refractivity contribution in [2.45, 2.75) is 39.0 Å². The zero-order valence-electron chi connectivity index (χ0n) is 13.0. The van der Waals surface area contributed by atoms with Gasteiger partial charge >= 0.3 is 0 Å². The molecular formula is C16H25BFN3. The molecule has 0 aromatic heterocycles. The highest BCUT2D eigenvalue weighted by Crippen LogP contribution is 2.33. The lowest BCUT2D eigenvalue weighted by molar-refractivity contribution is 0.383. The van der Waals surface area contributed by atoms with Crippen LogP contribution in [-0.2, 0) is 0 Å². The van der Waals surface area contributed by atoms with Crippen LogP contribution in [0.5, 0.6) is 0 Å². The number of piperidine rings is 1.